The molecular weight excluding hydrogens is 475 g/mol. The number of aromatic amines is 1. The summed E-state index contributed by atoms with van der Waals surface area (Å²) in [5.41, 5.74) is 2.61. The van der Waals surface area contributed by atoms with Crippen LogP contribution in [0.1, 0.15) is 22.7 Å². The van der Waals surface area contributed by atoms with E-state index in [9.17, 15) is 19.1 Å². The van der Waals surface area contributed by atoms with Crippen LogP contribution in [0.4, 0.5) is 4.39 Å². The smallest absolute Gasteiger partial charge is 0.295 e. The number of carbonyl (C=O) groups is 2. The van der Waals surface area contributed by atoms with Crippen molar-refractivity contribution in [3.63, 3.8) is 0 Å². The molecule has 1 unspecified atom stereocenters. The van der Waals surface area contributed by atoms with Crippen molar-refractivity contribution in [2.24, 2.45) is 0 Å². The van der Waals surface area contributed by atoms with Crippen LogP contribution < -0.4 is 9.47 Å². The molecule has 8 heteroatoms. The minimum atomic E-state index is -0.888. The van der Waals surface area contributed by atoms with Gasteiger partial charge in [0.2, 0.25) is 0 Å². The van der Waals surface area contributed by atoms with E-state index in [-0.39, 0.29) is 23.4 Å². The lowest BCUT2D eigenvalue weighted by atomic mass is 9.94. The van der Waals surface area contributed by atoms with Gasteiger partial charge in [-0.3, -0.25) is 9.59 Å². The number of carbonyl (C=O) groups excluding carboxylic acids is 2. The van der Waals surface area contributed by atoms with Gasteiger partial charge in [-0.15, -0.1) is 0 Å². The highest BCUT2D eigenvalue weighted by Crippen LogP contribution is 2.42. The van der Waals surface area contributed by atoms with E-state index in [2.05, 4.69) is 4.98 Å². The maximum atomic E-state index is 13.5. The summed E-state index contributed by atoms with van der Waals surface area (Å²) in [5.74, 6) is -1.19. The number of hydrogen-bond donors (Lipinski definition) is 2. The van der Waals surface area contributed by atoms with Crippen LogP contribution in [0.3, 0.4) is 0 Å². The molecule has 3 aromatic carbocycles. The number of methoxy groups -OCH3 is 2. The molecule has 0 spiro atoms. The number of hydrogen-bond acceptors (Lipinski definition) is 5. The Bertz CT molecular complexity index is 1520. The first-order valence-electron chi connectivity index (χ1n) is 11.7. The molecule has 1 fully saturated rings. The van der Waals surface area contributed by atoms with Crippen molar-refractivity contribution in [3.05, 3.63) is 101 Å². The molecular formula is C29H25FN2O5. The Morgan fingerprint density at radius 1 is 1.03 bits per heavy atom. The first kappa shape index (κ1) is 24.1. The molecule has 0 radical (unpaired) electrons. The zero-order valence-electron chi connectivity index (χ0n) is 20.3. The number of halogens is 1. The molecule has 188 valence electrons. The van der Waals surface area contributed by atoms with Gasteiger partial charge in [0, 0.05) is 34.8 Å². The number of aliphatic hydroxyl groups is 1. The number of amides is 1. The van der Waals surface area contributed by atoms with Crippen molar-refractivity contribution in [2.75, 3.05) is 20.8 Å². The van der Waals surface area contributed by atoms with Crippen molar-refractivity contribution in [3.8, 4) is 11.5 Å². The Morgan fingerprint density at radius 2 is 1.78 bits per heavy atom. The lowest BCUT2D eigenvalue weighted by molar-refractivity contribution is -0.139. The quantitative estimate of drug-likeness (QED) is 0.212. The van der Waals surface area contributed by atoms with Gasteiger partial charge in [-0.25, -0.2) is 4.39 Å². The Labute approximate surface area is 212 Å². The zero-order valence-corrected chi connectivity index (χ0v) is 20.3. The Morgan fingerprint density at radius 3 is 2.51 bits per heavy atom. The second-order valence-electron chi connectivity index (χ2n) is 8.72. The second-order valence-corrected chi connectivity index (χ2v) is 8.72. The van der Waals surface area contributed by atoms with E-state index in [0.717, 1.165) is 16.5 Å². The third-order valence-corrected chi connectivity index (χ3v) is 6.69. The van der Waals surface area contributed by atoms with Crippen LogP contribution in [-0.2, 0) is 16.0 Å². The average Bonchev–Trinajstić information content (AvgIpc) is 3.44. The molecule has 2 N–H and O–H groups in total. The van der Waals surface area contributed by atoms with Crippen molar-refractivity contribution < 1.29 is 28.6 Å². The van der Waals surface area contributed by atoms with Crippen LogP contribution in [0.5, 0.6) is 11.5 Å². The van der Waals surface area contributed by atoms with Crippen LogP contribution in [0.25, 0.3) is 16.7 Å². The summed E-state index contributed by atoms with van der Waals surface area (Å²) in [6.07, 6.45) is 2.32. The van der Waals surface area contributed by atoms with E-state index in [1.807, 2.05) is 24.4 Å². The predicted octanol–water partition coefficient (Wildman–Crippen LogP) is 4.99. The molecule has 0 saturated carbocycles. The first-order chi connectivity index (χ1) is 17.9. The SMILES string of the molecule is COc1ccc2[nH]cc(CCN3C(=O)C(=O)/C(=C(\O)c4ccc(F)cc4)C3c3ccccc3OC)c2c1. The van der Waals surface area contributed by atoms with E-state index in [1.54, 1.807) is 31.4 Å². The molecule has 0 bridgehead atoms. The molecule has 1 amide bonds. The van der Waals surface area contributed by atoms with Gasteiger partial charge in [0.25, 0.3) is 11.7 Å². The number of nitrogens with one attached hydrogen (secondary N) is 1. The Balaban J connectivity index is 1.58. The molecule has 1 aromatic heterocycles. The normalized spacial score (nSPS) is 16.9. The van der Waals surface area contributed by atoms with Crippen molar-refractivity contribution in [2.45, 2.75) is 12.5 Å². The lowest BCUT2D eigenvalue weighted by Gasteiger charge is -2.26. The summed E-state index contributed by atoms with van der Waals surface area (Å²) < 4.78 is 24.4. The van der Waals surface area contributed by atoms with Crippen LogP contribution in [-0.4, -0.2) is 47.4 Å². The van der Waals surface area contributed by atoms with E-state index < -0.39 is 23.5 Å². The summed E-state index contributed by atoms with van der Waals surface area (Å²) in [5, 5.41) is 12.1. The van der Waals surface area contributed by atoms with Gasteiger partial charge < -0.3 is 24.5 Å². The first-order valence-corrected chi connectivity index (χ1v) is 11.7. The highest BCUT2D eigenvalue weighted by molar-refractivity contribution is 6.46. The Hall–Kier alpha value is -4.59. The number of Topliss-reactive ketones (excluding diaryl/α,β-unsaturated/α-hetero) is 1. The average molecular weight is 501 g/mol. The van der Waals surface area contributed by atoms with Crippen LogP contribution in [0.15, 0.2) is 78.5 Å². The molecule has 1 saturated heterocycles. The highest BCUT2D eigenvalue weighted by Gasteiger charge is 2.46. The fourth-order valence-electron chi connectivity index (χ4n) is 4.82. The lowest BCUT2D eigenvalue weighted by Crippen LogP contribution is -2.31. The van der Waals surface area contributed by atoms with Crippen LogP contribution in [0.2, 0.25) is 0 Å². The maximum Gasteiger partial charge on any atom is 0.295 e. The number of nitrogens with zero attached hydrogens (tertiary/aromatic N) is 1. The third kappa shape index (κ3) is 4.31. The van der Waals surface area contributed by atoms with Crippen LogP contribution >= 0.6 is 0 Å². The molecule has 1 atom stereocenters. The van der Waals surface area contributed by atoms with Crippen molar-refractivity contribution in [1.82, 2.24) is 9.88 Å². The summed E-state index contributed by atoms with van der Waals surface area (Å²) in [6, 6.07) is 17.0. The number of rotatable bonds is 7. The number of benzene rings is 3. The number of H-pyrrole nitrogens is 1. The van der Waals surface area contributed by atoms with Gasteiger partial charge in [-0.1, -0.05) is 18.2 Å². The number of aromatic nitrogens is 1. The van der Waals surface area contributed by atoms with E-state index in [1.165, 1.54) is 36.3 Å². The molecule has 7 nitrogen and oxygen atoms in total. The van der Waals surface area contributed by atoms with Gasteiger partial charge in [0.05, 0.1) is 25.8 Å². The topological polar surface area (TPSA) is 91.9 Å². The standard InChI is InChI=1S/C29H25FN2O5/c1-36-20-11-12-23-22(15-20)18(16-31-23)13-14-32-26(21-5-3-4-6-24(21)37-2)25(28(34)29(32)35)27(33)17-7-9-19(30)10-8-17/h3-12,15-16,26,31,33H,13-14H2,1-2H3/b27-25-. The van der Waals surface area contributed by atoms with Gasteiger partial charge in [-0.05, 0) is 60.5 Å². The monoisotopic (exact) mass is 500 g/mol. The van der Waals surface area contributed by atoms with Crippen molar-refractivity contribution >= 4 is 28.4 Å². The number of likely N-dealkylation sites (tertiary alicyclic amines) is 1. The number of ketones is 1. The highest BCUT2D eigenvalue weighted by atomic mass is 19.1. The largest absolute Gasteiger partial charge is 0.507 e. The van der Waals surface area contributed by atoms with E-state index >= 15 is 0 Å². The summed E-state index contributed by atoms with van der Waals surface area (Å²) in [4.78, 5) is 31.3. The number of ether oxygens (including phenoxy) is 2. The predicted molar refractivity (Wildman–Crippen MR) is 137 cm³/mol. The molecule has 37 heavy (non-hydrogen) atoms. The van der Waals surface area contributed by atoms with Crippen molar-refractivity contribution in [1.29, 1.82) is 0 Å². The van der Waals surface area contributed by atoms with Gasteiger partial charge in [-0.2, -0.15) is 0 Å². The minimum absolute atomic E-state index is 0.0679. The maximum absolute atomic E-state index is 13.5. The van der Waals surface area contributed by atoms with Crippen LogP contribution in [0, 0.1) is 5.82 Å². The molecule has 2 heterocycles. The summed E-state index contributed by atoms with van der Waals surface area (Å²) in [6.45, 7) is 0.206. The molecule has 5 rings (SSSR count). The van der Waals surface area contributed by atoms with E-state index in [4.69, 9.17) is 9.47 Å². The van der Waals surface area contributed by atoms with Gasteiger partial charge in [0.1, 0.15) is 23.1 Å². The zero-order chi connectivity index (χ0) is 26.1. The number of aliphatic hydroxyl groups excluding tert-OH is 1. The molecule has 1 aliphatic heterocycles. The molecule has 4 aromatic rings. The fourth-order valence-corrected chi connectivity index (χ4v) is 4.82. The number of para-hydroxylation sites is 1. The summed E-state index contributed by atoms with van der Waals surface area (Å²) >= 11 is 0. The molecule has 1 aliphatic rings. The fraction of sp³-hybridized carbons (Fsp3) is 0.172. The Kier molecular flexibility index (Phi) is 6.40. The number of fused-ring (bicyclic) bond motifs is 1. The van der Waals surface area contributed by atoms with E-state index in [0.29, 0.717) is 23.5 Å². The third-order valence-electron chi connectivity index (χ3n) is 6.69. The van der Waals surface area contributed by atoms with Gasteiger partial charge >= 0.3 is 0 Å². The molecule has 0 aliphatic carbocycles. The summed E-state index contributed by atoms with van der Waals surface area (Å²) in [7, 11) is 3.10. The second kappa shape index (κ2) is 9.81. The minimum Gasteiger partial charge on any atom is -0.507 e. The van der Waals surface area contributed by atoms with Gasteiger partial charge in [0.15, 0.2) is 0 Å².